The molecule has 1 atom stereocenters. The number of benzene rings is 2. The van der Waals surface area contributed by atoms with Gasteiger partial charge < -0.3 is 14.5 Å². The maximum Gasteiger partial charge on any atom is 0.264 e. The Hall–Kier alpha value is -2.82. The van der Waals surface area contributed by atoms with Crippen molar-refractivity contribution >= 4 is 17.5 Å². The van der Waals surface area contributed by atoms with Gasteiger partial charge in [0.05, 0.1) is 5.69 Å². The van der Waals surface area contributed by atoms with Crippen LogP contribution in [0.5, 0.6) is 5.75 Å². The molecule has 1 saturated heterocycles. The highest BCUT2D eigenvalue weighted by Crippen LogP contribution is 2.43. The molecule has 0 N–H and O–H groups in total. The normalized spacial score (nSPS) is 21.0. The van der Waals surface area contributed by atoms with E-state index in [-0.39, 0.29) is 23.8 Å². The average Bonchev–Trinajstić information content (AvgIpc) is 3.00. The summed E-state index contributed by atoms with van der Waals surface area (Å²) in [7, 11) is 1.71. The number of likely N-dealkylation sites (N-methyl/N-ethyl adjacent to an activating group) is 1. The van der Waals surface area contributed by atoms with E-state index in [4.69, 9.17) is 4.74 Å². The fourth-order valence-corrected chi connectivity index (χ4v) is 4.12. The Balaban J connectivity index is 1.60. The molecule has 2 aliphatic heterocycles. The minimum Gasteiger partial charge on any atom is -0.482 e. The lowest BCUT2D eigenvalue weighted by Gasteiger charge is -2.27. The molecule has 140 valence electrons. The number of rotatable bonds is 2. The first-order valence-corrected chi connectivity index (χ1v) is 9.24. The maximum atomic E-state index is 13.2. The van der Waals surface area contributed by atoms with Gasteiger partial charge in [0, 0.05) is 31.6 Å². The Morgan fingerprint density at radius 1 is 1.15 bits per heavy atom. The molecule has 2 amide bonds. The monoisotopic (exact) mass is 364 g/mol. The fraction of sp³-hybridized carbons (Fsp3) is 0.364. The SMILES string of the molecule is CN1C(=O)COc2ccc(C(=O)N3CC(c4ccccc4)C(C)(C)C3)cc21. The minimum atomic E-state index is -0.112. The van der Waals surface area contributed by atoms with E-state index >= 15 is 0 Å². The molecule has 0 bridgehead atoms. The van der Waals surface area contributed by atoms with Crippen molar-refractivity contribution in [2.45, 2.75) is 19.8 Å². The summed E-state index contributed by atoms with van der Waals surface area (Å²) in [5.41, 5.74) is 2.50. The van der Waals surface area contributed by atoms with E-state index in [1.54, 1.807) is 30.1 Å². The van der Waals surface area contributed by atoms with E-state index in [1.807, 2.05) is 23.1 Å². The second-order valence-corrected chi connectivity index (χ2v) is 8.06. The lowest BCUT2D eigenvalue weighted by atomic mass is 9.78. The van der Waals surface area contributed by atoms with Gasteiger partial charge in [0.2, 0.25) is 0 Å². The highest BCUT2D eigenvalue weighted by Gasteiger charge is 2.42. The summed E-state index contributed by atoms with van der Waals surface area (Å²) in [6.07, 6.45) is 0. The number of anilines is 1. The van der Waals surface area contributed by atoms with Crippen molar-refractivity contribution < 1.29 is 14.3 Å². The largest absolute Gasteiger partial charge is 0.482 e. The van der Waals surface area contributed by atoms with Crippen molar-refractivity contribution in [2.24, 2.45) is 5.41 Å². The van der Waals surface area contributed by atoms with Gasteiger partial charge >= 0.3 is 0 Å². The van der Waals surface area contributed by atoms with Crippen LogP contribution < -0.4 is 9.64 Å². The third-order valence-corrected chi connectivity index (χ3v) is 5.73. The second kappa shape index (κ2) is 6.41. The summed E-state index contributed by atoms with van der Waals surface area (Å²) >= 11 is 0. The van der Waals surface area contributed by atoms with Crippen LogP contribution in [0, 0.1) is 5.41 Å². The molecule has 0 aromatic heterocycles. The summed E-state index contributed by atoms with van der Waals surface area (Å²) in [5, 5.41) is 0. The lowest BCUT2D eigenvalue weighted by Crippen LogP contribution is -2.36. The Morgan fingerprint density at radius 3 is 2.63 bits per heavy atom. The molecule has 0 spiro atoms. The summed E-state index contributed by atoms with van der Waals surface area (Å²) in [6.45, 7) is 5.86. The van der Waals surface area contributed by atoms with Gasteiger partial charge in [0.15, 0.2) is 6.61 Å². The zero-order chi connectivity index (χ0) is 19.2. The van der Waals surface area contributed by atoms with Gasteiger partial charge in [-0.3, -0.25) is 9.59 Å². The molecule has 1 unspecified atom stereocenters. The van der Waals surface area contributed by atoms with Crippen molar-refractivity contribution in [1.82, 2.24) is 4.90 Å². The summed E-state index contributed by atoms with van der Waals surface area (Å²) in [6, 6.07) is 15.7. The summed E-state index contributed by atoms with van der Waals surface area (Å²) in [5.74, 6) is 0.819. The molecule has 5 heteroatoms. The molecule has 1 fully saturated rings. The van der Waals surface area contributed by atoms with Crippen LogP contribution >= 0.6 is 0 Å². The third-order valence-electron chi connectivity index (χ3n) is 5.73. The van der Waals surface area contributed by atoms with Crippen LogP contribution in [0.15, 0.2) is 48.5 Å². The molecule has 2 aromatic rings. The molecule has 0 radical (unpaired) electrons. The van der Waals surface area contributed by atoms with Crippen molar-refractivity contribution in [2.75, 3.05) is 31.6 Å². The van der Waals surface area contributed by atoms with Crippen LogP contribution in [0.2, 0.25) is 0 Å². The van der Waals surface area contributed by atoms with Crippen molar-refractivity contribution in [1.29, 1.82) is 0 Å². The number of ether oxygens (including phenoxy) is 1. The molecule has 2 aromatic carbocycles. The number of nitrogens with zero attached hydrogens (tertiary/aromatic N) is 2. The number of carbonyl (C=O) groups is 2. The fourth-order valence-electron chi connectivity index (χ4n) is 4.12. The molecular formula is C22H24N2O3. The minimum absolute atomic E-state index is 0.00108. The molecule has 4 rings (SSSR count). The van der Waals surface area contributed by atoms with Crippen LogP contribution in [0.4, 0.5) is 5.69 Å². The van der Waals surface area contributed by atoms with Gasteiger partial charge in [-0.25, -0.2) is 0 Å². The van der Waals surface area contributed by atoms with Crippen LogP contribution in [0.3, 0.4) is 0 Å². The van der Waals surface area contributed by atoms with Crippen LogP contribution in [-0.2, 0) is 4.79 Å². The van der Waals surface area contributed by atoms with Gasteiger partial charge in [-0.1, -0.05) is 44.2 Å². The Kier molecular flexibility index (Phi) is 4.17. The highest BCUT2D eigenvalue weighted by atomic mass is 16.5. The molecule has 0 saturated carbocycles. The van der Waals surface area contributed by atoms with Crippen molar-refractivity contribution in [3.63, 3.8) is 0 Å². The molecule has 5 nitrogen and oxygen atoms in total. The van der Waals surface area contributed by atoms with Crippen LogP contribution in [-0.4, -0.2) is 43.5 Å². The molecule has 2 heterocycles. The number of fused-ring (bicyclic) bond motifs is 1. The van der Waals surface area contributed by atoms with Gasteiger partial charge in [0.1, 0.15) is 5.75 Å². The van der Waals surface area contributed by atoms with Gasteiger partial charge in [-0.15, -0.1) is 0 Å². The molecule has 2 aliphatic rings. The topological polar surface area (TPSA) is 49.9 Å². The Bertz CT molecular complexity index is 892. The Labute approximate surface area is 159 Å². The van der Waals surface area contributed by atoms with E-state index in [2.05, 4.69) is 26.0 Å². The zero-order valence-corrected chi connectivity index (χ0v) is 15.9. The first-order chi connectivity index (χ1) is 12.9. The zero-order valence-electron chi connectivity index (χ0n) is 15.9. The first kappa shape index (κ1) is 17.6. The standard InChI is InChI=1S/C22H24N2O3/c1-22(2)14-24(12-17(22)15-7-5-4-6-8-15)21(26)16-9-10-19-18(11-16)23(3)20(25)13-27-19/h4-11,17H,12-14H2,1-3H3. The van der Waals surface area contributed by atoms with E-state index in [9.17, 15) is 9.59 Å². The Morgan fingerprint density at radius 2 is 1.89 bits per heavy atom. The third kappa shape index (κ3) is 3.07. The van der Waals surface area contributed by atoms with Crippen LogP contribution in [0.1, 0.15) is 35.7 Å². The second-order valence-electron chi connectivity index (χ2n) is 8.06. The predicted molar refractivity (Wildman–Crippen MR) is 104 cm³/mol. The summed E-state index contributed by atoms with van der Waals surface area (Å²) < 4.78 is 5.46. The number of hydrogen-bond acceptors (Lipinski definition) is 3. The van der Waals surface area contributed by atoms with E-state index < -0.39 is 0 Å². The van der Waals surface area contributed by atoms with Crippen molar-refractivity contribution in [3.8, 4) is 5.75 Å². The smallest absolute Gasteiger partial charge is 0.264 e. The number of amides is 2. The molecular weight excluding hydrogens is 340 g/mol. The van der Waals surface area contributed by atoms with E-state index in [0.717, 1.165) is 0 Å². The molecule has 27 heavy (non-hydrogen) atoms. The van der Waals surface area contributed by atoms with Gasteiger partial charge in [0.25, 0.3) is 11.8 Å². The maximum absolute atomic E-state index is 13.2. The number of carbonyl (C=O) groups excluding carboxylic acids is 2. The van der Waals surface area contributed by atoms with E-state index in [0.29, 0.717) is 36.0 Å². The quantitative estimate of drug-likeness (QED) is 0.821. The van der Waals surface area contributed by atoms with Crippen LogP contribution in [0.25, 0.3) is 0 Å². The van der Waals surface area contributed by atoms with Gasteiger partial charge in [-0.2, -0.15) is 0 Å². The first-order valence-electron chi connectivity index (χ1n) is 9.24. The highest BCUT2D eigenvalue weighted by molar-refractivity contribution is 6.01. The summed E-state index contributed by atoms with van der Waals surface area (Å²) in [4.78, 5) is 28.5. The average molecular weight is 364 g/mol. The number of hydrogen-bond donors (Lipinski definition) is 0. The lowest BCUT2D eigenvalue weighted by molar-refractivity contribution is -0.120. The van der Waals surface area contributed by atoms with E-state index in [1.165, 1.54) is 5.56 Å². The van der Waals surface area contributed by atoms with Gasteiger partial charge in [-0.05, 0) is 29.2 Å². The predicted octanol–water partition coefficient (Wildman–Crippen LogP) is 3.31. The van der Waals surface area contributed by atoms with Crippen molar-refractivity contribution in [3.05, 3.63) is 59.7 Å². The molecule has 0 aliphatic carbocycles. The number of likely N-dealkylation sites (tertiary alicyclic amines) is 1.